The maximum Gasteiger partial charge on any atom is 0.226 e. The van der Waals surface area contributed by atoms with E-state index in [-0.39, 0.29) is 6.10 Å². The van der Waals surface area contributed by atoms with Crippen LogP contribution in [-0.2, 0) is 6.42 Å². The third kappa shape index (κ3) is 2.59. The molecule has 3 rings (SSSR count). The third-order valence-electron chi connectivity index (χ3n) is 3.04. The van der Waals surface area contributed by atoms with Gasteiger partial charge in [-0.1, -0.05) is 18.2 Å². The van der Waals surface area contributed by atoms with E-state index in [0.717, 1.165) is 12.2 Å². The second-order valence-electron chi connectivity index (χ2n) is 4.36. The first-order valence-electron chi connectivity index (χ1n) is 6.20. The highest BCUT2D eigenvalue weighted by Gasteiger charge is 2.22. The van der Waals surface area contributed by atoms with Gasteiger partial charge in [-0.15, -0.1) is 0 Å². The fourth-order valence-electron chi connectivity index (χ4n) is 2.11. The van der Waals surface area contributed by atoms with Crippen LogP contribution < -0.4 is 14.8 Å². The number of anilines is 1. The van der Waals surface area contributed by atoms with Gasteiger partial charge in [0.1, 0.15) is 11.9 Å². The average molecular weight is 257 g/mol. The SMILES string of the molecule is COc1ccnc(NC[C@@H]2Cc3ccccc3O2)n1. The molecule has 1 aliphatic heterocycles. The molecule has 0 saturated heterocycles. The van der Waals surface area contributed by atoms with Crippen molar-refractivity contribution < 1.29 is 9.47 Å². The van der Waals surface area contributed by atoms with E-state index < -0.39 is 0 Å². The average Bonchev–Trinajstić information content (AvgIpc) is 2.88. The molecule has 0 spiro atoms. The van der Waals surface area contributed by atoms with Crippen LogP contribution in [0.2, 0.25) is 0 Å². The van der Waals surface area contributed by atoms with Gasteiger partial charge in [0.15, 0.2) is 0 Å². The molecule has 1 N–H and O–H groups in total. The lowest BCUT2D eigenvalue weighted by Gasteiger charge is -2.11. The smallest absolute Gasteiger partial charge is 0.226 e. The Kier molecular flexibility index (Phi) is 3.18. The van der Waals surface area contributed by atoms with Gasteiger partial charge in [0, 0.05) is 18.7 Å². The van der Waals surface area contributed by atoms with Crippen molar-refractivity contribution in [3.8, 4) is 11.6 Å². The van der Waals surface area contributed by atoms with E-state index >= 15 is 0 Å². The van der Waals surface area contributed by atoms with Crippen LogP contribution in [0.1, 0.15) is 5.56 Å². The van der Waals surface area contributed by atoms with Crippen molar-refractivity contribution in [2.24, 2.45) is 0 Å². The molecule has 1 aromatic heterocycles. The number of para-hydroxylation sites is 1. The lowest BCUT2D eigenvalue weighted by molar-refractivity contribution is 0.246. The van der Waals surface area contributed by atoms with E-state index in [4.69, 9.17) is 9.47 Å². The molecule has 0 amide bonds. The molecule has 5 heteroatoms. The fraction of sp³-hybridized carbons (Fsp3) is 0.286. The van der Waals surface area contributed by atoms with Gasteiger partial charge in [0.25, 0.3) is 0 Å². The number of benzene rings is 1. The predicted molar refractivity (Wildman–Crippen MR) is 71.6 cm³/mol. The molecule has 1 aliphatic rings. The number of fused-ring (bicyclic) bond motifs is 1. The molecule has 1 atom stereocenters. The van der Waals surface area contributed by atoms with E-state index in [9.17, 15) is 0 Å². The summed E-state index contributed by atoms with van der Waals surface area (Å²) in [4.78, 5) is 8.34. The monoisotopic (exact) mass is 257 g/mol. The topological polar surface area (TPSA) is 56.3 Å². The molecule has 2 heterocycles. The molecule has 0 aliphatic carbocycles. The zero-order valence-electron chi connectivity index (χ0n) is 10.7. The second-order valence-corrected chi connectivity index (χ2v) is 4.36. The van der Waals surface area contributed by atoms with Crippen molar-refractivity contribution in [1.82, 2.24) is 9.97 Å². The van der Waals surface area contributed by atoms with Crippen LogP contribution in [0.25, 0.3) is 0 Å². The fourth-order valence-corrected chi connectivity index (χ4v) is 2.11. The maximum atomic E-state index is 5.84. The van der Waals surface area contributed by atoms with Gasteiger partial charge in [0.2, 0.25) is 11.8 Å². The van der Waals surface area contributed by atoms with Gasteiger partial charge >= 0.3 is 0 Å². The van der Waals surface area contributed by atoms with Crippen LogP contribution in [-0.4, -0.2) is 29.7 Å². The number of hydrogen-bond donors (Lipinski definition) is 1. The summed E-state index contributed by atoms with van der Waals surface area (Å²) >= 11 is 0. The Morgan fingerprint density at radius 3 is 3.11 bits per heavy atom. The largest absolute Gasteiger partial charge is 0.488 e. The van der Waals surface area contributed by atoms with Gasteiger partial charge in [-0.05, 0) is 11.6 Å². The van der Waals surface area contributed by atoms with Crippen LogP contribution in [0.5, 0.6) is 11.6 Å². The van der Waals surface area contributed by atoms with Crippen LogP contribution >= 0.6 is 0 Å². The quantitative estimate of drug-likeness (QED) is 0.906. The second kappa shape index (κ2) is 5.14. The summed E-state index contributed by atoms with van der Waals surface area (Å²) < 4.78 is 10.9. The maximum absolute atomic E-state index is 5.84. The molecule has 0 unspecified atom stereocenters. The zero-order chi connectivity index (χ0) is 13.1. The minimum absolute atomic E-state index is 0.118. The molecule has 0 bridgehead atoms. The van der Waals surface area contributed by atoms with Crippen molar-refractivity contribution >= 4 is 5.95 Å². The summed E-state index contributed by atoms with van der Waals surface area (Å²) in [5.41, 5.74) is 1.25. The van der Waals surface area contributed by atoms with Gasteiger partial charge in [-0.25, -0.2) is 4.98 Å². The summed E-state index contributed by atoms with van der Waals surface area (Å²) in [6.07, 6.45) is 2.69. The lowest BCUT2D eigenvalue weighted by Crippen LogP contribution is -2.24. The number of aromatic nitrogens is 2. The van der Waals surface area contributed by atoms with E-state index in [0.29, 0.717) is 18.4 Å². The predicted octanol–water partition coefficient (Wildman–Crippen LogP) is 1.90. The van der Waals surface area contributed by atoms with Crippen LogP contribution in [0, 0.1) is 0 Å². The standard InChI is InChI=1S/C14H15N3O2/c1-18-13-6-7-15-14(17-13)16-9-11-8-10-4-2-3-5-12(10)19-11/h2-7,11H,8-9H2,1H3,(H,15,16,17)/t11-/m0/s1. The van der Waals surface area contributed by atoms with Crippen molar-refractivity contribution in [1.29, 1.82) is 0 Å². The molecule has 98 valence electrons. The summed E-state index contributed by atoms with van der Waals surface area (Å²) in [6.45, 7) is 0.668. The number of nitrogens with one attached hydrogen (secondary N) is 1. The minimum Gasteiger partial charge on any atom is -0.488 e. The number of hydrogen-bond acceptors (Lipinski definition) is 5. The first-order valence-corrected chi connectivity index (χ1v) is 6.20. The molecule has 0 radical (unpaired) electrons. The number of rotatable bonds is 4. The number of nitrogens with zero attached hydrogens (tertiary/aromatic N) is 2. The third-order valence-corrected chi connectivity index (χ3v) is 3.04. The van der Waals surface area contributed by atoms with Crippen LogP contribution in [0.15, 0.2) is 36.5 Å². The summed E-state index contributed by atoms with van der Waals surface area (Å²) in [5.74, 6) is 2.08. The first-order chi connectivity index (χ1) is 9.35. The molecule has 2 aromatic rings. The van der Waals surface area contributed by atoms with Gasteiger partial charge in [-0.3, -0.25) is 0 Å². The first kappa shape index (κ1) is 11.8. The van der Waals surface area contributed by atoms with Crippen molar-refractivity contribution in [3.05, 3.63) is 42.1 Å². The zero-order valence-corrected chi connectivity index (χ0v) is 10.7. The Bertz CT molecular complexity index is 549. The molecular formula is C14H15N3O2. The van der Waals surface area contributed by atoms with Crippen molar-refractivity contribution in [3.63, 3.8) is 0 Å². The highest BCUT2D eigenvalue weighted by atomic mass is 16.5. The van der Waals surface area contributed by atoms with Crippen LogP contribution in [0.3, 0.4) is 0 Å². The Labute approximate surface area is 111 Å². The highest BCUT2D eigenvalue weighted by molar-refractivity contribution is 5.38. The highest BCUT2D eigenvalue weighted by Crippen LogP contribution is 2.28. The lowest BCUT2D eigenvalue weighted by atomic mass is 10.1. The minimum atomic E-state index is 0.118. The number of methoxy groups -OCH3 is 1. The van der Waals surface area contributed by atoms with E-state index in [2.05, 4.69) is 21.4 Å². The molecular weight excluding hydrogens is 242 g/mol. The molecule has 19 heavy (non-hydrogen) atoms. The van der Waals surface area contributed by atoms with E-state index in [1.807, 2.05) is 18.2 Å². The van der Waals surface area contributed by atoms with E-state index in [1.54, 1.807) is 19.4 Å². The van der Waals surface area contributed by atoms with Crippen molar-refractivity contribution in [2.45, 2.75) is 12.5 Å². The van der Waals surface area contributed by atoms with Crippen molar-refractivity contribution in [2.75, 3.05) is 19.0 Å². The van der Waals surface area contributed by atoms with Gasteiger partial charge < -0.3 is 14.8 Å². The Morgan fingerprint density at radius 1 is 1.37 bits per heavy atom. The Balaban J connectivity index is 1.59. The van der Waals surface area contributed by atoms with E-state index in [1.165, 1.54) is 5.56 Å². The van der Waals surface area contributed by atoms with Gasteiger partial charge in [-0.2, -0.15) is 4.98 Å². The Hall–Kier alpha value is -2.30. The summed E-state index contributed by atoms with van der Waals surface area (Å²) in [7, 11) is 1.59. The number of ether oxygens (including phenoxy) is 2. The molecule has 5 nitrogen and oxygen atoms in total. The summed E-state index contributed by atoms with van der Waals surface area (Å²) in [6, 6.07) is 9.82. The summed E-state index contributed by atoms with van der Waals surface area (Å²) in [5, 5.41) is 3.17. The van der Waals surface area contributed by atoms with Gasteiger partial charge in [0.05, 0.1) is 13.7 Å². The Morgan fingerprint density at radius 2 is 2.26 bits per heavy atom. The molecule has 0 fully saturated rings. The molecule has 0 saturated carbocycles. The van der Waals surface area contributed by atoms with Crippen LogP contribution in [0.4, 0.5) is 5.95 Å². The normalized spacial score (nSPS) is 16.6. The molecule has 1 aromatic carbocycles.